The summed E-state index contributed by atoms with van der Waals surface area (Å²) in [6, 6.07) is -0.552. The molecule has 4 amide bonds. The van der Waals surface area contributed by atoms with Gasteiger partial charge in [0, 0.05) is 0 Å². The molecule has 1 aliphatic carbocycles. The van der Waals surface area contributed by atoms with E-state index in [2.05, 4.69) is 16.0 Å². The minimum absolute atomic E-state index is 0.0193. The molecule has 0 spiro atoms. The number of rotatable bonds is 3. The molecule has 1 atom stereocenters. The number of hydrogen-bond acceptors (Lipinski definition) is 3. The second-order valence-electron chi connectivity index (χ2n) is 4.17. The van der Waals surface area contributed by atoms with Gasteiger partial charge in [-0.15, -0.1) is 0 Å². The van der Waals surface area contributed by atoms with Crippen molar-refractivity contribution in [3.8, 4) is 0 Å². The van der Waals surface area contributed by atoms with Crippen LogP contribution in [0.3, 0.4) is 0 Å². The lowest BCUT2D eigenvalue weighted by molar-refractivity contribution is -0.126. The Kier molecular flexibility index (Phi) is 2.45. The summed E-state index contributed by atoms with van der Waals surface area (Å²) >= 11 is 0. The predicted octanol–water partition coefficient (Wildman–Crippen LogP) is -0.368. The van der Waals surface area contributed by atoms with Crippen molar-refractivity contribution >= 4 is 18.0 Å². The highest BCUT2D eigenvalue weighted by molar-refractivity contribution is 6.07. The maximum absolute atomic E-state index is 11.7. The summed E-state index contributed by atoms with van der Waals surface area (Å²) in [6.45, 7) is -0.0788. The van der Waals surface area contributed by atoms with Crippen molar-refractivity contribution in [3.63, 3.8) is 0 Å². The third kappa shape index (κ3) is 1.58. The van der Waals surface area contributed by atoms with E-state index >= 15 is 0 Å². The summed E-state index contributed by atoms with van der Waals surface area (Å²) in [4.78, 5) is 33.3. The summed E-state index contributed by atoms with van der Waals surface area (Å²) in [5.74, 6) is -0.415. The number of carbonyl (C=O) groups excluding carboxylic acids is 2. The van der Waals surface area contributed by atoms with Gasteiger partial charge in [0.2, 0.25) is 0 Å². The van der Waals surface area contributed by atoms with Gasteiger partial charge >= 0.3 is 12.1 Å². The van der Waals surface area contributed by atoms with Gasteiger partial charge in [0.05, 0.1) is 6.54 Å². The first-order chi connectivity index (χ1) is 7.54. The maximum Gasteiger partial charge on any atom is 0.404 e. The van der Waals surface area contributed by atoms with Crippen LogP contribution in [0.1, 0.15) is 19.3 Å². The van der Waals surface area contributed by atoms with E-state index in [0.29, 0.717) is 0 Å². The van der Waals surface area contributed by atoms with Crippen molar-refractivity contribution in [1.29, 1.82) is 0 Å². The Balaban J connectivity index is 2.15. The van der Waals surface area contributed by atoms with E-state index in [4.69, 9.17) is 5.11 Å². The van der Waals surface area contributed by atoms with Crippen LogP contribution in [-0.4, -0.2) is 35.2 Å². The fraction of sp³-hybridized carbons (Fsp3) is 0.667. The Hall–Kier alpha value is -1.79. The molecule has 1 saturated heterocycles. The molecule has 0 aromatic rings. The number of imide groups is 1. The van der Waals surface area contributed by atoms with E-state index in [1.54, 1.807) is 0 Å². The second kappa shape index (κ2) is 3.66. The highest BCUT2D eigenvalue weighted by Gasteiger charge is 2.53. The van der Waals surface area contributed by atoms with Crippen LogP contribution in [0.4, 0.5) is 9.59 Å². The van der Waals surface area contributed by atoms with Crippen molar-refractivity contribution in [2.45, 2.75) is 24.8 Å². The Morgan fingerprint density at radius 2 is 2.19 bits per heavy atom. The standard InChI is InChI=1S/C9H13N3O4/c13-6-9(4-10-8(15)16,5-2-1-3-5)12-7(14)11-6/h5,10H,1-4H2,(H,15,16)(H2,11,12,13,14). The minimum Gasteiger partial charge on any atom is -0.465 e. The Labute approximate surface area is 91.6 Å². The fourth-order valence-corrected chi connectivity index (χ4v) is 2.18. The van der Waals surface area contributed by atoms with Gasteiger partial charge in [-0.3, -0.25) is 10.1 Å². The monoisotopic (exact) mass is 227 g/mol. The first kappa shape index (κ1) is 10.7. The molecule has 1 aliphatic heterocycles. The molecule has 1 unspecified atom stereocenters. The Bertz CT molecular complexity index is 353. The molecule has 0 aromatic heterocycles. The van der Waals surface area contributed by atoms with E-state index in [1.165, 1.54) is 0 Å². The molecule has 16 heavy (non-hydrogen) atoms. The molecule has 2 fully saturated rings. The van der Waals surface area contributed by atoms with Crippen LogP contribution in [0.15, 0.2) is 0 Å². The SMILES string of the molecule is O=C(O)NCC1(C2CCC2)NC(=O)NC1=O. The summed E-state index contributed by atoms with van der Waals surface area (Å²) < 4.78 is 0. The Morgan fingerprint density at radius 3 is 2.56 bits per heavy atom. The predicted molar refractivity (Wildman–Crippen MR) is 52.8 cm³/mol. The summed E-state index contributed by atoms with van der Waals surface area (Å²) in [7, 11) is 0. The Morgan fingerprint density at radius 1 is 1.50 bits per heavy atom. The van der Waals surface area contributed by atoms with Crippen LogP contribution in [0.5, 0.6) is 0 Å². The molecule has 7 nitrogen and oxygen atoms in total. The zero-order valence-corrected chi connectivity index (χ0v) is 8.58. The third-order valence-corrected chi connectivity index (χ3v) is 3.29. The van der Waals surface area contributed by atoms with Gasteiger partial charge in [0.15, 0.2) is 0 Å². The number of hydrogen-bond donors (Lipinski definition) is 4. The molecule has 88 valence electrons. The molecule has 2 rings (SSSR count). The first-order valence-corrected chi connectivity index (χ1v) is 5.15. The van der Waals surface area contributed by atoms with Crippen molar-refractivity contribution in [2.24, 2.45) is 5.92 Å². The van der Waals surface area contributed by atoms with Crippen molar-refractivity contribution in [1.82, 2.24) is 16.0 Å². The van der Waals surface area contributed by atoms with E-state index in [0.717, 1.165) is 19.3 Å². The number of carbonyl (C=O) groups is 3. The molecule has 1 heterocycles. The highest BCUT2D eigenvalue weighted by atomic mass is 16.4. The molecule has 7 heteroatoms. The van der Waals surface area contributed by atoms with Crippen LogP contribution < -0.4 is 16.0 Å². The molecule has 2 aliphatic rings. The van der Waals surface area contributed by atoms with Crippen molar-refractivity contribution < 1.29 is 19.5 Å². The molecule has 0 bridgehead atoms. The van der Waals surface area contributed by atoms with Gasteiger partial charge in [-0.1, -0.05) is 6.42 Å². The lowest BCUT2D eigenvalue weighted by Crippen LogP contribution is -2.61. The van der Waals surface area contributed by atoms with Crippen molar-refractivity contribution in [2.75, 3.05) is 6.54 Å². The highest BCUT2D eigenvalue weighted by Crippen LogP contribution is 2.37. The molecular formula is C9H13N3O4. The number of carboxylic acid groups (broad SMARTS) is 1. The number of amides is 4. The van der Waals surface area contributed by atoms with Gasteiger partial charge in [0.1, 0.15) is 5.54 Å². The lowest BCUT2D eigenvalue weighted by atomic mass is 9.70. The summed E-state index contributed by atoms with van der Waals surface area (Å²) in [5, 5.41) is 15.4. The largest absolute Gasteiger partial charge is 0.465 e. The van der Waals surface area contributed by atoms with E-state index < -0.39 is 23.6 Å². The summed E-state index contributed by atoms with van der Waals surface area (Å²) in [6.07, 6.45) is 1.46. The van der Waals surface area contributed by atoms with Crippen LogP contribution in [0.2, 0.25) is 0 Å². The minimum atomic E-state index is -1.20. The first-order valence-electron chi connectivity index (χ1n) is 5.15. The summed E-state index contributed by atoms with van der Waals surface area (Å²) in [5.41, 5.74) is -1.09. The van der Waals surface area contributed by atoms with E-state index in [-0.39, 0.29) is 12.5 Å². The average Bonchev–Trinajstić information content (AvgIpc) is 2.36. The molecule has 4 N–H and O–H groups in total. The molecule has 0 radical (unpaired) electrons. The van der Waals surface area contributed by atoms with Gasteiger partial charge in [-0.2, -0.15) is 0 Å². The maximum atomic E-state index is 11.7. The van der Waals surface area contributed by atoms with Gasteiger partial charge in [0.25, 0.3) is 5.91 Å². The quantitative estimate of drug-likeness (QED) is 0.493. The topological polar surface area (TPSA) is 108 Å². The molecule has 0 aromatic carbocycles. The van der Waals surface area contributed by atoms with E-state index in [9.17, 15) is 14.4 Å². The van der Waals surface area contributed by atoms with Crippen LogP contribution >= 0.6 is 0 Å². The number of urea groups is 1. The molecular weight excluding hydrogens is 214 g/mol. The zero-order chi connectivity index (χ0) is 11.8. The smallest absolute Gasteiger partial charge is 0.404 e. The van der Waals surface area contributed by atoms with Crippen molar-refractivity contribution in [3.05, 3.63) is 0 Å². The van der Waals surface area contributed by atoms with Gasteiger partial charge < -0.3 is 15.7 Å². The van der Waals surface area contributed by atoms with Gasteiger partial charge in [-0.05, 0) is 18.8 Å². The van der Waals surface area contributed by atoms with Crippen LogP contribution in [0.25, 0.3) is 0 Å². The third-order valence-electron chi connectivity index (χ3n) is 3.29. The van der Waals surface area contributed by atoms with Crippen LogP contribution in [-0.2, 0) is 4.79 Å². The second-order valence-corrected chi connectivity index (χ2v) is 4.17. The van der Waals surface area contributed by atoms with Crippen LogP contribution in [0, 0.1) is 5.92 Å². The average molecular weight is 227 g/mol. The lowest BCUT2D eigenvalue weighted by Gasteiger charge is -2.39. The molecule has 1 saturated carbocycles. The zero-order valence-electron chi connectivity index (χ0n) is 8.58. The fourth-order valence-electron chi connectivity index (χ4n) is 2.18. The normalized spacial score (nSPS) is 29.2. The number of nitrogens with one attached hydrogen (secondary N) is 3. The van der Waals surface area contributed by atoms with Gasteiger partial charge in [-0.25, -0.2) is 9.59 Å². The van der Waals surface area contributed by atoms with E-state index in [1.807, 2.05) is 0 Å².